The summed E-state index contributed by atoms with van der Waals surface area (Å²) >= 11 is 0. The minimum atomic E-state index is -0.893. The molecule has 2 atom stereocenters. The van der Waals surface area contributed by atoms with Crippen LogP contribution in [0.4, 0.5) is 11.6 Å². The van der Waals surface area contributed by atoms with Gasteiger partial charge in [-0.15, -0.1) is 0 Å². The summed E-state index contributed by atoms with van der Waals surface area (Å²) in [4.78, 5) is 22.4. The highest BCUT2D eigenvalue weighted by molar-refractivity contribution is 5.77. The molecule has 3 rings (SSSR count). The fraction of sp³-hybridized carbons (Fsp3) is 0.421. The van der Waals surface area contributed by atoms with Crippen molar-refractivity contribution < 1.29 is 9.90 Å². The first-order valence-corrected chi connectivity index (χ1v) is 8.72. The van der Waals surface area contributed by atoms with Crippen molar-refractivity contribution in [3.8, 4) is 0 Å². The number of aromatic nitrogens is 2. The molecule has 1 fully saturated rings. The van der Waals surface area contributed by atoms with Crippen molar-refractivity contribution in [1.82, 2.24) is 9.97 Å². The van der Waals surface area contributed by atoms with E-state index in [4.69, 9.17) is 0 Å². The number of nitrogens with zero attached hydrogens (tertiary/aromatic N) is 3. The third-order valence-electron chi connectivity index (χ3n) is 4.54. The number of benzene rings is 1. The Labute approximate surface area is 147 Å². The van der Waals surface area contributed by atoms with Gasteiger partial charge in [0.25, 0.3) is 0 Å². The standard InChI is InChI=1S/C19H24N4O2/c1-14-6-5-9-23(12-14)18-11-17(20-13-21-18)22-16(19(24)25)10-15-7-3-2-4-8-15/h2-4,7-8,11,13-14,16H,5-6,9-10,12H2,1H3,(H,24,25)(H,20,21,22)/t14?,16-/m0/s1. The molecular formula is C19H24N4O2. The number of rotatable bonds is 6. The molecule has 0 spiro atoms. The van der Waals surface area contributed by atoms with Gasteiger partial charge in [-0.1, -0.05) is 37.3 Å². The lowest BCUT2D eigenvalue weighted by molar-refractivity contribution is -0.137. The van der Waals surface area contributed by atoms with Crippen molar-refractivity contribution in [2.24, 2.45) is 5.92 Å². The average Bonchev–Trinajstić information content (AvgIpc) is 2.62. The van der Waals surface area contributed by atoms with E-state index in [1.54, 1.807) is 0 Å². The molecule has 1 unspecified atom stereocenters. The summed E-state index contributed by atoms with van der Waals surface area (Å²) < 4.78 is 0. The van der Waals surface area contributed by atoms with E-state index in [1.807, 2.05) is 36.4 Å². The number of nitrogens with one attached hydrogen (secondary N) is 1. The topological polar surface area (TPSA) is 78.4 Å². The summed E-state index contributed by atoms with van der Waals surface area (Å²) in [5, 5.41) is 12.6. The number of hydrogen-bond donors (Lipinski definition) is 2. The molecule has 0 aliphatic carbocycles. The van der Waals surface area contributed by atoms with Gasteiger partial charge in [0.15, 0.2) is 0 Å². The Bertz CT molecular complexity index is 708. The number of carboxylic acid groups (broad SMARTS) is 1. The van der Waals surface area contributed by atoms with E-state index in [-0.39, 0.29) is 0 Å². The number of hydrogen-bond acceptors (Lipinski definition) is 5. The van der Waals surface area contributed by atoms with Gasteiger partial charge in [-0.3, -0.25) is 0 Å². The zero-order valence-electron chi connectivity index (χ0n) is 14.4. The second kappa shape index (κ2) is 7.96. The molecular weight excluding hydrogens is 316 g/mol. The number of aliphatic carboxylic acids is 1. The summed E-state index contributed by atoms with van der Waals surface area (Å²) in [5.41, 5.74) is 0.974. The molecule has 2 heterocycles. The maximum atomic E-state index is 11.6. The first-order valence-electron chi connectivity index (χ1n) is 8.72. The van der Waals surface area contributed by atoms with Crippen LogP contribution in [-0.4, -0.2) is 40.2 Å². The second-order valence-electron chi connectivity index (χ2n) is 6.68. The van der Waals surface area contributed by atoms with Crippen LogP contribution >= 0.6 is 0 Å². The minimum absolute atomic E-state index is 0.399. The lowest BCUT2D eigenvalue weighted by atomic mass is 10.0. The van der Waals surface area contributed by atoms with Crippen molar-refractivity contribution >= 4 is 17.6 Å². The van der Waals surface area contributed by atoms with Crippen LogP contribution < -0.4 is 10.2 Å². The third kappa shape index (κ3) is 4.68. The number of anilines is 2. The molecule has 2 aromatic rings. The number of carboxylic acids is 1. The van der Waals surface area contributed by atoms with Crippen LogP contribution in [-0.2, 0) is 11.2 Å². The zero-order chi connectivity index (χ0) is 17.6. The van der Waals surface area contributed by atoms with Crippen LogP contribution in [0.3, 0.4) is 0 Å². The van der Waals surface area contributed by atoms with Gasteiger partial charge in [0, 0.05) is 25.6 Å². The lowest BCUT2D eigenvalue weighted by Crippen LogP contribution is -2.35. The fourth-order valence-electron chi connectivity index (χ4n) is 3.22. The molecule has 1 aromatic carbocycles. The van der Waals surface area contributed by atoms with Crippen molar-refractivity contribution in [3.63, 3.8) is 0 Å². The molecule has 1 aliphatic heterocycles. The van der Waals surface area contributed by atoms with E-state index < -0.39 is 12.0 Å². The molecule has 0 amide bonds. The summed E-state index contributed by atoms with van der Waals surface area (Å²) in [5.74, 6) is 1.15. The summed E-state index contributed by atoms with van der Waals surface area (Å²) in [7, 11) is 0. The quantitative estimate of drug-likeness (QED) is 0.842. The molecule has 6 heteroatoms. The smallest absolute Gasteiger partial charge is 0.326 e. The van der Waals surface area contributed by atoms with Crippen LogP contribution in [0.25, 0.3) is 0 Å². The van der Waals surface area contributed by atoms with Gasteiger partial charge in [0.2, 0.25) is 0 Å². The second-order valence-corrected chi connectivity index (χ2v) is 6.68. The Balaban J connectivity index is 1.72. The Hall–Kier alpha value is -2.63. The van der Waals surface area contributed by atoms with E-state index in [0.717, 1.165) is 30.9 Å². The van der Waals surface area contributed by atoms with Crippen molar-refractivity contribution in [3.05, 3.63) is 48.3 Å². The molecule has 2 N–H and O–H groups in total. The maximum Gasteiger partial charge on any atom is 0.326 e. The normalized spacial score (nSPS) is 18.6. The summed E-state index contributed by atoms with van der Waals surface area (Å²) in [6.07, 6.45) is 4.29. The van der Waals surface area contributed by atoms with Crippen molar-refractivity contribution in [2.75, 3.05) is 23.3 Å². The first kappa shape index (κ1) is 17.2. The van der Waals surface area contributed by atoms with Gasteiger partial charge < -0.3 is 15.3 Å². The van der Waals surface area contributed by atoms with Gasteiger partial charge >= 0.3 is 5.97 Å². The molecule has 0 bridgehead atoms. The SMILES string of the molecule is CC1CCCN(c2cc(N[C@@H](Cc3ccccc3)C(=O)O)ncn2)C1. The van der Waals surface area contributed by atoms with E-state index in [0.29, 0.717) is 18.2 Å². The molecule has 0 saturated carbocycles. The van der Waals surface area contributed by atoms with E-state index >= 15 is 0 Å². The average molecular weight is 340 g/mol. The molecule has 1 saturated heterocycles. The van der Waals surface area contributed by atoms with E-state index in [2.05, 4.69) is 27.1 Å². The third-order valence-corrected chi connectivity index (χ3v) is 4.54. The monoisotopic (exact) mass is 340 g/mol. The van der Waals surface area contributed by atoms with Gasteiger partial charge in [0.05, 0.1) is 0 Å². The number of piperidine rings is 1. The predicted octanol–water partition coefficient (Wildman–Crippen LogP) is 2.82. The maximum absolute atomic E-state index is 11.6. The Morgan fingerprint density at radius 2 is 2.16 bits per heavy atom. The van der Waals surface area contributed by atoms with Gasteiger partial charge in [-0.2, -0.15) is 0 Å². The highest BCUT2D eigenvalue weighted by Crippen LogP contribution is 2.22. The molecule has 1 aliphatic rings. The Kier molecular flexibility index (Phi) is 5.48. The van der Waals surface area contributed by atoms with Gasteiger partial charge in [-0.25, -0.2) is 14.8 Å². The zero-order valence-corrected chi connectivity index (χ0v) is 14.4. The van der Waals surface area contributed by atoms with Crippen LogP contribution in [0.15, 0.2) is 42.7 Å². The lowest BCUT2D eigenvalue weighted by Gasteiger charge is -2.31. The predicted molar refractivity (Wildman–Crippen MR) is 97.8 cm³/mol. The largest absolute Gasteiger partial charge is 0.480 e. The summed E-state index contributed by atoms with van der Waals surface area (Å²) in [6, 6.07) is 10.7. The van der Waals surface area contributed by atoms with E-state index in [1.165, 1.54) is 12.7 Å². The van der Waals surface area contributed by atoms with Gasteiger partial charge in [0.1, 0.15) is 24.0 Å². The van der Waals surface area contributed by atoms with E-state index in [9.17, 15) is 9.90 Å². The minimum Gasteiger partial charge on any atom is -0.480 e. The highest BCUT2D eigenvalue weighted by atomic mass is 16.4. The van der Waals surface area contributed by atoms with Crippen molar-refractivity contribution in [1.29, 1.82) is 0 Å². The summed E-state index contributed by atoms with van der Waals surface area (Å²) in [6.45, 7) is 4.20. The van der Waals surface area contributed by atoms with Crippen LogP contribution in [0.2, 0.25) is 0 Å². The first-order chi connectivity index (χ1) is 12.1. The van der Waals surface area contributed by atoms with Crippen LogP contribution in [0.5, 0.6) is 0 Å². The highest BCUT2D eigenvalue weighted by Gasteiger charge is 2.21. The molecule has 0 radical (unpaired) electrons. The number of carbonyl (C=O) groups is 1. The van der Waals surface area contributed by atoms with Crippen molar-refractivity contribution in [2.45, 2.75) is 32.2 Å². The Morgan fingerprint density at radius 3 is 2.88 bits per heavy atom. The molecule has 6 nitrogen and oxygen atoms in total. The fourth-order valence-corrected chi connectivity index (χ4v) is 3.22. The van der Waals surface area contributed by atoms with Crippen LogP contribution in [0.1, 0.15) is 25.3 Å². The van der Waals surface area contributed by atoms with Crippen LogP contribution in [0, 0.1) is 5.92 Å². The molecule has 1 aromatic heterocycles. The molecule has 132 valence electrons. The Morgan fingerprint density at radius 1 is 1.36 bits per heavy atom. The molecule has 25 heavy (non-hydrogen) atoms. The van der Waals surface area contributed by atoms with Gasteiger partial charge in [-0.05, 0) is 24.3 Å².